The van der Waals surface area contributed by atoms with Crippen LogP contribution in [0.3, 0.4) is 0 Å². The number of carbonyl (C=O) groups is 2. The Bertz CT molecular complexity index is 676. The predicted molar refractivity (Wildman–Crippen MR) is 132 cm³/mol. The number of likely N-dealkylation sites (tertiary alicyclic amines) is 1. The summed E-state index contributed by atoms with van der Waals surface area (Å²) < 4.78 is 0. The molecule has 8 nitrogen and oxygen atoms in total. The molecule has 2 amide bonds. The fourth-order valence-corrected chi connectivity index (χ4v) is 5.44. The lowest BCUT2D eigenvalue weighted by Gasteiger charge is -2.33. The van der Waals surface area contributed by atoms with Crippen molar-refractivity contribution in [1.29, 1.82) is 0 Å². The molecule has 2 heterocycles. The van der Waals surface area contributed by atoms with Crippen molar-refractivity contribution < 1.29 is 9.59 Å². The number of hydrogen-bond acceptors (Lipinski definition) is 5. The van der Waals surface area contributed by atoms with Gasteiger partial charge in [0.2, 0.25) is 11.8 Å². The summed E-state index contributed by atoms with van der Waals surface area (Å²) >= 11 is 0. The lowest BCUT2D eigenvalue weighted by atomic mass is 9.85. The van der Waals surface area contributed by atoms with E-state index in [2.05, 4.69) is 44.5 Å². The van der Waals surface area contributed by atoms with Crippen LogP contribution in [0.5, 0.6) is 0 Å². The lowest BCUT2D eigenvalue weighted by Crippen LogP contribution is -2.47. The minimum Gasteiger partial charge on any atom is -0.357 e. The molecule has 1 saturated carbocycles. The monoisotopic (exact) mass is 544 g/mol. The van der Waals surface area contributed by atoms with E-state index < -0.39 is 0 Å². The maximum absolute atomic E-state index is 12.8. The van der Waals surface area contributed by atoms with Crippen molar-refractivity contribution in [2.24, 2.45) is 28.7 Å². The third-order valence-corrected chi connectivity index (χ3v) is 7.13. The highest BCUT2D eigenvalue weighted by molar-refractivity contribution is 14.0. The quantitative estimate of drug-likeness (QED) is 0.153. The standard InChI is InChI=1S/C22H36N6O2.HI/c1-3-23-22(24-7-9-27-13-11-26(4-2)12-14-27)25-8-10-28-20(29)18-16-5-6-17(15-16)19(18)21(28)30;/h5-6,16-19H,3-4,7-15H2,1-2H3,(H2,23,24,25);1H. The topological polar surface area (TPSA) is 80.3 Å². The second-order valence-corrected chi connectivity index (χ2v) is 8.79. The number of hydrogen-bond donors (Lipinski definition) is 2. The van der Waals surface area contributed by atoms with Gasteiger partial charge in [-0.1, -0.05) is 19.1 Å². The van der Waals surface area contributed by atoms with Crippen LogP contribution < -0.4 is 10.6 Å². The second kappa shape index (κ2) is 11.1. The number of fused-ring (bicyclic) bond motifs is 5. The van der Waals surface area contributed by atoms with Gasteiger partial charge in [-0.05, 0) is 31.7 Å². The van der Waals surface area contributed by atoms with Crippen LogP contribution in [0.25, 0.3) is 0 Å². The number of aliphatic imine (C=N–C) groups is 1. The number of likely N-dealkylation sites (N-methyl/N-ethyl adjacent to an activating group) is 1. The number of amides is 2. The molecule has 0 aromatic carbocycles. The van der Waals surface area contributed by atoms with E-state index in [1.807, 2.05) is 6.92 Å². The first-order valence-corrected chi connectivity index (χ1v) is 11.6. The molecule has 0 spiro atoms. The first-order chi connectivity index (χ1) is 14.6. The smallest absolute Gasteiger partial charge is 0.233 e. The van der Waals surface area contributed by atoms with Crippen LogP contribution >= 0.6 is 24.0 Å². The molecular formula is C22H37IN6O2. The van der Waals surface area contributed by atoms with E-state index in [1.165, 1.54) is 4.90 Å². The average Bonchev–Trinajstić information content (AvgIpc) is 3.44. The molecule has 0 aromatic heterocycles. The maximum atomic E-state index is 12.8. The number of rotatable bonds is 8. The van der Waals surface area contributed by atoms with Crippen molar-refractivity contribution in [3.8, 4) is 0 Å². The Labute approximate surface area is 202 Å². The van der Waals surface area contributed by atoms with Gasteiger partial charge in [0.1, 0.15) is 0 Å². The Kier molecular flexibility index (Phi) is 8.74. The Hall–Kier alpha value is -1.20. The molecule has 174 valence electrons. The SMILES string of the molecule is CCNC(=NCCN1CCN(CC)CC1)NCCN1C(=O)C2C3C=CC(C3)C2C1=O.I. The first-order valence-electron chi connectivity index (χ1n) is 11.6. The van der Waals surface area contributed by atoms with Crippen molar-refractivity contribution in [3.05, 3.63) is 12.2 Å². The fraction of sp³-hybridized carbons (Fsp3) is 0.773. The van der Waals surface area contributed by atoms with Crippen LogP contribution in [0.1, 0.15) is 20.3 Å². The second-order valence-electron chi connectivity index (χ2n) is 8.79. The predicted octanol–water partition coefficient (Wildman–Crippen LogP) is 0.604. The van der Waals surface area contributed by atoms with E-state index in [9.17, 15) is 9.59 Å². The fourth-order valence-electron chi connectivity index (χ4n) is 5.44. The van der Waals surface area contributed by atoms with Crippen LogP contribution in [-0.4, -0.2) is 97.9 Å². The average molecular weight is 544 g/mol. The lowest BCUT2D eigenvalue weighted by molar-refractivity contribution is -0.140. The van der Waals surface area contributed by atoms with Crippen LogP contribution in [0, 0.1) is 23.7 Å². The molecule has 4 rings (SSSR count). The molecule has 4 unspecified atom stereocenters. The molecule has 2 aliphatic carbocycles. The van der Waals surface area contributed by atoms with Crippen molar-refractivity contribution in [2.45, 2.75) is 20.3 Å². The van der Waals surface area contributed by atoms with Gasteiger partial charge < -0.3 is 15.5 Å². The minimum atomic E-state index is -0.109. The number of nitrogens with one attached hydrogen (secondary N) is 2. The summed E-state index contributed by atoms with van der Waals surface area (Å²) in [5, 5.41) is 6.56. The first kappa shape index (κ1) is 24.4. The van der Waals surface area contributed by atoms with E-state index >= 15 is 0 Å². The third kappa shape index (κ3) is 5.24. The van der Waals surface area contributed by atoms with Gasteiger partial charge in [-0.3, -0.25) is 24.4 Å². The highest BCUT2D eigenvalue weighted by Crippen LogP contribution is 2.52. The van der Waals surface area contributed by atoms with Crippen molar-refractivity contribution in [2.75, 3.05) is 65.4 Å². The Morgan fingerprint density at radius 3 is 2.16 bits per heavy atom. The van der Waals surface area contributed by atoms with Gasteiger partial charge in [0, 0.05) is 52.4 Å². The molecule has 2 bridgehead atoms. The molecule has 4 atom stereocenters. The zero-order valence-corrected chi connectivity index (χ0v) is 21.1. The van der Waals surface area contributed by atoms with Crippen LogP contribution in [0.15, 0.2) is 17.1 Å². The van der Waals surface area contributed by atoms with Crippen molar-refractivity contribution in [3.63, 3.8) is 0 Å². The number of imide groups is 1. The molecule has 9 heteroatoms. The Morgan fingerprint density at radius 1 is 0.968 bits per heavy atom. The van der Waals surface area contributed by atoms with Crippen molar-refractivity contribution in [1.82, 2.24) is 25.3 Å². The summed E-state index contributed by atoms with van der Waals surface area (Å²) in [5.74, 6) is 1.13. The number of nitrogens with zero attached hydrogens (tertiary/aromatic N) is 4. The van der Waals surface area contributed by atoms with Gasteiger partial charge in [-0.25, -0.2) is 0 Å². The summed E-state index contributed by atoms with van der Waals surface area (Å²) in [6.07, 6.45) is 5.25. The van der Waals surface area contributed by atoms with Crippen LogP contribution in [0.2, 0.25) is 0 Å². The molecule has 0 radical (unpaired) electrons. The summed E-state index contributed by atoms with van der Waals surface area (Å²) in [6.45, 7) is 13.3. The molecule has 2 aliphatic heterocycles. The van der Waals surface area contributed by atoms with E-state index in [-0.39, 0.29) is 59.5 Å². The van der Waals surface area contributed by atoms with E-state index in [0.717, 1.165) is 64.7 Å². The molecule has 2 saturated heterocycles. The number of piperazine rings is 1. The number of guanidine groups is 1. The van der Waals surface area contributed by atoms with Gasteiger partial charge in [0.25, 0.3) is 0 Å². The normalized spacial score (nSPS) is 30.6. The van der Waals surface area contributed by atoms with Gasteiger partial charge in [-0.2, -0.15) is 0 Å². The van der Waals surface area contributed by atoms with Gasteiger partial charge in [0.05, 0.1) is 18.4 Å². The van der Waals surface area contributed by atoms with Gasteiger partial charge >= 0.3 is 0 Å². The molecule has 4 aliphatic rings. The number of allylic oxidation sites excluding steroid dienone is 2. The van der Waals surface area contributed by atoms with Crippen LogP contribution in [0.4, 0.5) is 0 Å². The van der Waals surface area contributed by atoms with E-state index in [4.69, 9.17) is 0 Å². The van der Waals surface area contributed by atoms with Gasteiger partial charge in [-0.15, -0.1) is 24.0 Å². The largest absolute Gasteiger partial charge is 0.357 e. The minimum absolute atomic E-state index is 0. The number of halogens is 1. The summed E-state index contributed by atoms with van der Waals surface area (Å²) in [7, 11) is 0. The molecule has 3 fully saturated rings. The zero-order chi connectivity index (χ0) is 21.1. The zero-order valence-electron chi connectivity index (χ0n) is 18.8. The Balaban J connectivity index is 0.00000272. The maximum Gasteiger partial charge on any atom is 0.233 e. The summed E-state index contributed by atoms with van der Waals surface area (Å²) in [5.41, 5.74) is 0. The molecule has 0 aromatic rings. The molecular weight excluding hydrogens is 507 g/mol. The third-order valence-electron chi connectivity index (χ3n) is 7.13. The molecule has 31 heavy (non-hydrogen) atoms. The highest BCUT2D eigenvalue weighted by atomic mass is 127. The highest BCUT2D eigenvalue weighted by Gasteiger charge is 2.58. The summed E-state index contributed by atoms with van der Waals surface area (Å²) in [4.78, 5) is 36.6. The Morgan fingerprint density at radius 2 is 1.58 bits per heavy atom. The van der Waals surface area contributed by atoms with E-state index in [0.29, 0.717) is 13.1 Å². The number of carbonyl (C=O) groups excluding carboxylic acids is 2. The van der Waals surface area contributed by atoms with E-state index in [1.54, 1.807) is 0 Å². The van der Waals surface area contributed by atoms with Gasteiger partial charge in [0.15, 0.2) is 5.96 Å². The molecule has 2 N–H and O–H groups in total. The van der Waals surface area contributed by atoms with Crippen molar-refractivity contribution >= 4 is 41.8 Å². The van der Waals surface area contributed by atoms with Crippen LogP contribution in [-0.2, 0) is 9.59 Å². The summed E-state index contributed by atoms with van der Waals surface area (Å²) in [6, 6.07) is 0.